The molecule has 0 fully saturated rings. The van der Waals surface area contributed by atoms with E-state index in [1.165, 1.54) is 6.08 Å². The Kier molecular flexibility index (Phi) is 18.0. The van der Waals surface area contributed by atoms with Gasteiger partial charge in [0, 0.05) is 31.3 Å². The van der Waals surface area contributed by atoms with Crippen molar-refractivity contribution in [3.63, 3.8) is 0 Å². The summed E-state index contributed by atoms with van der Waals surface area (Å²) in [5.41, 5.74) is 3.23. The second-order valence-corrected chi connectivity index (χ2v) is 14.1. The van der Waals surface area contributed by atoms with E-state index in [1.54, 1.807) is 86.0 Å². The number of carbonyl (C=O) groups excluding carboxylic acids is 4. The Labute approximate surface area is 357 Å². The van der Waals surface area contributed by atoms with Crippen LogP contribution < -0.4 is 28.6 Å². The molecule has 0 unspecified atom stereocenters. The van der Waals surface area contributed by atoms with Gasteiger partial charge < -0.3 is 28.6 Å². The third-order valence-electron chi connectivity index (χ3n) is 9.30. The Balaban J connectivity index is 0.000000276. The summed E-state index contributed by atoms with van der Waals surface area (Å²) in [5, 5.41) is 8.51. The first-order chi connectivity index (χ1) is 29.4. The highest BCUT2D eigenvalue weighted by atomic mass is 16.5. The normalized spacial score (nSPS) is 11.0. The van der Waals surface area contributed by atoms with Crippen molar-refractivity contribution < 1.29 is 42.9 Å². The van der Waals surface area contributed by atoms with Crippen molar-refractivity contribution >= 4 is 47.0 Å². The van der Waals surface area contributed by atoms with Crippen LogP contribution in [0.3, 0.4) is 0 Å². The van der Waals surface area contributed by atoms with Gasteiger partial charge in [0.15, 0.2) is 0 Å². The fourth-order valence-corrected chi connectivity index (χ4v) is 5.22. The van der Waals surface area contributed by atoms with Crippen molar-refractivity contribution in [2.75, 3.05) is 25.1 Å². The van der Waals surface area contributed by atoms with Gasteiger partial charge in [-0.05, 0) is 161 Å². The van der Waals surface area contributed by atoms with Crippen LogP contribution in [0.4, 0.5) is 17.1 Å². The van der Waals surface area contributed by atoms with Crippen LogP contribution in [0, 0.1) is 5.41 Å². The predicted molar refractivity (Wildman–Crippen MR) is 236 cm³/mol. The lowest BCUT2D eigenvalue weighted by atomic mass is 9.91. The molecule has 5 aromatic carbocycles. The van der Waals surface area contributed by atoms with Crippen molar-refractivity contribution in [2.24, 2.45) is 15.6 Å². The number of benzene rings is 5. The van der Waals surface area contributed by atoms with Crippen LogP contribution in [0.25, 0.3) is 6.08 Å². The van der Waals surface area contributed by atoms with Crippen molar-refractivity contribution in [1.82, 2.24) is 0 Å². The molecule has 12 nitrogen and oxygen atoms in total. The molecule has 0 spiro atoms. The van der Waals surface area contributed by atoms with Gasteiger partial charge in [-0.15, -0.1) is 0 Å². The van der Waals surface area contributed by atoms with E-state index in [4.69, 9.17) is 23.7 Å². The number of hydrogen-bond acceptors (Lipinski definition) is 12. The summed E-state index contributed by atoms with van der Waals surface area (Å²) >= 11 is 0. The highest BCUT2D eigenvalue weighted by molar-refractivity contribution is 5.91. The van der Waals surface area contributed by atoms with Crippen LogP contribution in [0.5, 0.6) is 28.7 Å². The summed E-state index contributed by atoms with van der Waals surface area (Å²) in [5.74, 6) is 0.724. The monoisotopic (exact) mass is 827 g/mol. The number of anilines is 1. The molecule has 0 aliphatic carbocycles. The van der Waals surface area contributed by atoms with Crippen LogP contribution in [0.1, 0.15) is 76.7 Å². The summed E-state index contributed by atoms with van der Waals surface area (Å²) in [6.07, 6.45) is 4.76. The largest absolute Gasteiger partial charge is 0.497 e. The highest BCUT2D eigenvalue weighted by Gasteiger charge is 2.27. The number of ether oxygens (including phenoxy) is 5. The molecule has 0 saturated heterocycles. The van der Waals surface area contributed by atoms with Crippen LogP contribution in [0.15, 0.2) is 138 Å². The number of methoxy groups -OCH3 is 1. The summed E-state index contributed by atoms with van der Waals surface area (Å²) in [6.45, 7) is 13.7. The maximum absolute atomic E-state index is 12.4. The SMILES string of the molecule is CCC(C)(C)C(=O)Oc1ccc(OC(=O)C=Cc2ccc(OC)cc2)cc1.CCCC(=O)Oc1ccc(OC(=O)c2ccc(N=Nc3ccc(N(CC)CC)cc3)cc2)cc1. The van der Waals surface area contributed by atoms with Gasteiger partial charge in [-0.25, -0.2) is 9.59 Å². The molecule has 0 aliphatic rings. The Bertz CT molecular complexity index is 2230. The molecule has 12 heteroatoms. The average Bonchev–Trinajstić information content (AvgIpc) is 3.27. The van der Waals surface area contributed by atoms with E-state index in [9.17, 15) is 19.2 Å². The summed E-state index contributed by atoms with van der Waals surface area (Å²) in [6, 6.07) is 34.6. The molecule has 318 valence electrons. The number of esters is 4. The molecule has 0 atom stereocenters. The smallest absolute Gasteiger partial charge is 0.343 e. The van der Waals surface area contributed by atoms with Gasteiger partial charge in [-0.1, -0.05) is 26.0 Å². The fourth-order valence-electron chi connectivity index (χ4n) is 5.22. The first-order valence-corrected chi connectivity index (χ1v) is 20.1. The lowest BCUT2D eigenvalue weighted by Gasteiger charge is -2.20. The molecular formula is C49H53N3O9. The van der Waals surface area contributed by atoms with E-state index in [2.05, 4.69) is 29.0 Å². The molecule has 0 saturated carbocycles. The Morgan fingerprint density at radius 3 is 1.56 bits per heavy atom. The van der Waals surface area contributed by atoms with Crippen LogP contribution >= 0.6 is 0 Å². The molecule has 0 aromatic heterocycles. The zero-order valence-electron chi connectivity index (χ0n) is 35.8. The van der Waals surface area contributed by atoms with E-state index in [0.717, 1.165) is 42.2 Å². The molecule has 0 bridgehead atoms. The maximum atomic E-state index is 12.4. The first-order valence-electron chi connectivity index (χ1n) is 20.1. The summed E-state index contributed by atoms with van der Waals surface area (Å²) < 4.78 is 26.3. The second-order valence-electron chi connectivity index (χ2n) is 14.1. The highest BCUT2D eigenvalue weighted by Crippen LogP contribution is 2.26. The molecule has 5 aromatic rings. The van der Waals surface area contributed by atoms with Gasteiger partial charge in [-0.3, -0.25) is 9.59 Å². The van der Waals surface area contributed by atoms with Gasteiger partial charge >= 0.3 is 23.9 Å². The third kappa shape index (κ3) is 15.2. The van der Waals surface area contributed by atoms with E-state index in [-0.39, 0.29) is 11.9 Å². The van der Waals surface area contributed by atoms with E-state index < -0.39 is 17.4 Å². The Morgan fingerprint density at radius 2 is 1.07 bits per heavy atom. The molecule has 0 N–H and O–H groups in total. The zero-order chi connectivity index (χ0) is 44.2. The van der Waals surface area contributed by atoms with Crippen LogP contribution in [-0.4, -0.2) is 44.1 Å². The molecule has 0 heterocycles. The quantitative estimate of drug-likeness (QED) is 0.0384. The molecule has 0 amide bonds. The molecule has 0 radical (unpaired) electrons. The number of carbonyl (C=O) groups is 4. The molecule has 61 heavy (non-hydrogen) atoms. The number of hydrogen-bond donors (Lipinski definition) is 0. The molecule has 0 aliphatic heterocycles. The first kappa shape index (κ1) is 46.6. The predicted octanol–water partition coefficient (Wildman–Crippen LogP) is 11.5. The van der Waals surface area contributed by atoms with E-state index in [1.807, 2.05) is 76.2 Å². The van der Waals surface area contributed by atoms with E-state index >= 15 is 0 Å². The molecule has 5 rings (SSSR count). The van der Waals surface area contributed by atoms with Gasteiger partial charge in [0.2, 0.25) is 0 Å². The maximum Gasteiger partial charge on any atom is 0.343 e. The lowest BCUT2D eigenvalue weighted by Crippen LogP contribution is -2.28. The van der Waals surface area contributed by atoms with Gasteiger partial charge in [0.05, 0.1) is 29.5 Å². The van der Waals surface area contributed by atoms with Crippen molar-refractivity contribution in [2.45, 2.75) is 60.8 Å². The number of azo groups is 1. The van der Waals surface area contributed by atoms with Crippen molar-refractivity contribution in [3.8, 4) is 28.7 Å². The Morgan fingerprint density at radius 1 is 0.590 bits per heavy atom. The van der Waals surface area contributed by atoms with Crippen LogP contribution in [-0.2, 0) is 14.4 Å². The fraction of sp³-hybridized carbons (Fsp3) is 0.265. The van der Waals surface area contributed by atoms with Gasteiger partial charge in [0.1, 0.15) is 28.7 Å². The minimum atomic E-state index is -0.544. The van der Waals surface area contributed by atoms with Crippen LogP contribution in [0.2, 0.25) is 0 Å². The number of rotatable bonds is 17. The van der Waals surface area contributed by atoms with Gasteiger partial charge in [-0.2, -0.15) is 10.2 Å². The topological polar surface area (TPSA) is 142 Å². The second kappa shape index (κ2) is 23.5. The Hall–Kier alpha value is -7.08. The minimum Gasteiger partial charge on any atom is -0.497 e. The summed E-state index contributed by atoms with van der Waals surface area (Å²) in [4.78, 5) is 50.2. The average molecular weight is 828 g/mol. The number of nitrogens with zero attached hydrogens (tertiary/aromatic N) is 3. The van der Waals surface area contributed by atoms with Crippen molar-refractivity contribution in [3.05, 3.63) is 139 Å². The minimum absolute atomic E-state index is 0.291. The van der Waals surface area contributed by atoms with E-state index in [0.29, 0.717) is 47.1 Å². The summed E-state index contributed by atoms with van der Waals surface area (Å²) in [7, 11) is 1.60. The lowest BCUT2D eigenvalue weighted by molar-refractivity contribution is -0.144. The standard InChI is InChI=1S/C27H29N3O4.C22H24O5/c1-4-7-26(31)33-24-16-18-25(19-17-24)34-27(32)20-8-10-21(11-9-20)28-29-22-12-14-23(15-13-22)30(5-2)6-3;1-5-22(2,3)21(24)27-19-13-11-18(12-14-19)26-20(23)15-8-16-6-9-17(25-4)10-7-16/h8-19H,4-7H2,1-3H3;6-15H,5H2,1-4H3. The van der Waals surface area contributed by atoms with Gasteiger partial charge in [0.25, 0.3) is 0 Å². The third-order valence-corrected chi connectivity index (χ3v) is 9.30. The van der Waals surface area contributed by atoms with Crippen molar-refractivity contribution in [1.29, 1.82) is 0 Å². The molecular weight excluding hydrogens is 775 g/mol. The zero-order valence-corrected chi connectivity index (χ0v) is 35.8.